The van der Waals surface area contributed by atoms with Crippen LogP contribution in [0.25, 0.3) is 0 Å². The van der Waals surface area contributed by atoms with Crippen molar-refractivity contribution in [3.8, 4) is 0 Å². The summed E-state index contributed by atoms with van der Waals surface area (Å²) < 4.78 is 22.9. The maximum atomic E-state index is 12.2. The van der Waals surface area contributed by atoms with E-state index < -0.39 is 20.5 Å². The lowest BCUT2D eigenvalue weighted by Gasteiger charge is -2.36. The molecule has 0 spiro atoms. The molecule has 3 N–H and O–H groups in total. The number of rotatable bonds is 5. The summed E-state index contributed by atoms with van der Waals surface area (Å²) in [4.78, 5) is 12.1. The highest BCUT2D eigenvalue weighted by molar-refractivity contribution is 7.92. The molecule has 0 aliphatic carbocycles. The SMILES string of the molecule is CC(C)CC(CC(C)(C)C)(C(=O)NN)S(C)(=O)=O. The van der Waals surface area contributed by atoms with Crippen molar-refractivity contribution in [3.63, 3.8) is 0 Å². The maximum Gasteiger partial charge on any atom is 0.255 e. The average molecular weight is 278 g/mol. The lowest BCUT2D eigenvalue weighted by Crippen LogP contribution is -2.56. The van der Waals surface area contributed by atoms with Gasteiger partial charge in [0.25, 0.3) is 5.91 Å². The van der Waals surface area contributed by atoms with Crippen molar-refractivity contribution in [3.05, 3.63) is 0 Å². The molecule has 5 nitrogen and oxygen atoms in total. The third kappa shape index (κ3) is 4.24. The van der Waals surface area contributed by atoms with Crippen LogP contribution in [0.1, 0.15) is 47.5 Å². The number of carbonyl (C=O) groups excluding carboxylic acids is 1. The largest absolute Gasteiger partial charge is 0.293 e. The lowest BCUT2D eigenvalue weighted by atomic mass is 9.80. The van der Waals surface area contributed by atoms with Crippen molar-refractivity contribution in [1.29, 1.82) is 0 Å². The van der Waals surface area contributed by atoms with Crippen LogP contribution in [0, 0.1) is 11.3 Å². The van der Waals surface area contributed by atoms with Gasteiger partial charge in [0.1, 0.15) is 0 Å². The van der Waals surface area contributed by atoms with Crippen LogP contribution in [-0.4, -0.2) is 25.3 Å². The monoisotopic (exact) mass is 278 g/mol. The van der Waals surface area contributed by atoms with Gasteiger partial charge in [0, 0.05) is 6.26 Å². The van der Waals surface area contributed by atoms with E-state index in [1.165, 1.54) is 0 Å². The molecule has 0 aromatic rings. The van der Waals surface area contributed by atoms with Crippen LogP contribution in [0.3, 0.4) is 0 Å². The number of hydrogen-bond acceptors (Lipinski definition) is 4. The Hall–Kier alpha value is -0.620. The number of sulfone groups is 1. The second-order valence-electron chi connectivity index (χ2n) is 6.58. The first-order chi connectivity index (χ1) is 7.85. The first-order valence-electron chi connectivity index (χ1n) is 6.06. The molecule has 108 valence electrons. The van der Waals surface area contributed by atoms with E-state index in [1.807, 2.05) is 40.0 Å². The molecule has 0 aromatic carbocycles. The Labute approximate surface area is 110 Å². The van der Waals surface area contributed by atoms with Gasteiger partial charge in [0.05, 0.1) is 0 Å². The minimum absolute atomic E-state index is 0.0828. The molecule has 0 fully saturated rings. The second kappa shape index (κ2) is 5.57. The van der Waals surface area contributed by atoms with Gasteiger partial charge in [-0.05, 0) is 24.2 Å². The van der Waals surface area contributed by atoms with Crippen LogP contribution >= 0.6 is 0 Å². The zero-order valence-electron chi connectivity index (χ0n) is 12.2. The normalized spacial score (nSPS) is 16.4. The highest BCUT2D eigenvalue weighted by Crippen LogP contribution is 2.37. The molecule has 6 heteroatoms. The van der Waals surface area contributed by atoms with E-state index in [2.05, 4.69) is 0 Å². The molecule has 0 aromatic heterocycles. The smallest absolute Gasteiger partial charge is 0.255 e. The molecule has 1 atom stereocenters. The Kier molecular flexibility index (Phi) is 5.38. The fourth-order valence-corrected chi connectivity index (χ4v) is 4.07. The molecule has 0 saturated carbocycles. The van der Waals surface area contributed by atoms with Crippen LogP contribution in [0.4, 0.5) is 0 Å². The molecule has 18 heavy (non-hydrogen) atoms. The highest BCUT2D eigenvalue weighted by atomic mass is 32.2. The molecular weight excluding hydrogens is 252 g/mol. The average Bonchev–Trinajstić information content (AvgIpc) is 2.10. The van der Waals surface area contributed by atoms with E-state index >= 15 is 0 Å². The summed E-state index contributed by atoms with van der Waals surface area (Å²) in [5.74, 6) is 4.65. The van der Waals surface area contributed by atoms with Gasteiger partial charge in [-0.2, -0.15) is 0 Å². The van der Waals surface area contributed by atoms with Gasteiger partial charge in [-0.25, -0.2) is 14.3 Å². The van der Waals surface area contributed by atoms with E-state index in [4.69, 9.17) is 5.84 Å². The minimum Gasteiger partial charge on any atom is -0.293 e. The quantitative estimate of drug-likeness (QED) is 0.450. The second-order valence-corrected chi connectivity index (χ2v) is 8.90. The van der Waals surface area contributed by atoms with Crippen molar-refractivity contribution in [1.82, 2.24) is 5.43 Å². The minimum atomic E-state index is -3.56. The molecule has 0 bridgehead atoms. The van der Waals surface area contributed by atoms with E-state index in [9.17, 15) is 13.2 Å². The van der Waals surface area contributed by atoms with Gasteiger partial charge in [-0.15, -0.1) is 0 Å². The number of nitrogens with one attached hydrogen (secondary N) is 1. The van der Waals surface area contributed by atoms with Gasteiger partial charge < -0.3 is 0 Å². The number of hydrogen-bond donors (Lipinski definition) is 2. The van der Waals surface area contributed by atoms with Gasteiger partial charge in [-0.1, -0.05) is 34.6 Å². The summed E-state index contributed by atoms with van der Waals surface area (Å²) in [6.45, 7) is 9.53. The predicted molar refractivity (Wildman–Crippen MR) is 73.4 cm³/mol. The van der Waals surface area contributed by atoms with Crippen molar-refractivity contribution in [2.45, 2.75) is 52.2 Å². The standard InChI is InChI=1S/C12H26N2O3S/c1-9(2)7-12(10(15)14-13,18(6,16)17)8-11(3,4)5/h9H,7-8,13H2,1-6H3,(H,14,15). The third-order valence-corrected chi connectivity index (χ3v) is 4.72. The summed E-state index contributed by atoms with van der Waals surface area (Å²) in [5.41, 5.74) is 1.74. The van der Waals surface area contributed by atoms with Gasteiger partial charge >= 0.3 is 0 Å². The van der Waals surface area contributed by atoms with Gasteiger partial charge in [0.2, 0.25) is 0 Å². The molecule has 0 heterocycles. The predicted octanol–water partition coefficient (Wildman–Crippen LogP) is 1.24. The Bertz CT molecular complexity index is 396. The molecule has 1 amide bonds. The van der Waals surface area contributed by atoms with Crippen molar-refractivity contribution < 1.29 is 13.2 Å². The molecule has 1 unspecified atom stereocenters. The van der Waals surface area contributed by atoms with Gasteiger partial charge in [-0.3, -0.25) is 10.2 Å². The zero-order valence-corrected chi connectivity index (χ0v) is 13.0. The number of nitrogens with two attached hydrogens (primary N) is 1. The zero-order chi connectivity index (χ0) is 14.8. The lowest BCUT2D eigenvalue weighted by molar-refractivity contribution is -0.125. The number of amides is 1. The first-order valence-corrected chi connectivity index (χ1v) is 7.95. The molecule has 0 radical (unpaired) electrons. The van der Waals surface area contributed by atoms with Crippen LogP contribution in [0.15, 0.2) is 0 Å². The Morgan fingerprint density at radius 3 is 1.94 bits per heavy atom. The molecule has 0 aliphatic rings. The van der Waals surface area contributed by atoms with Crippen LogP contribution < -0.4 is 11.3 Å². The van der Waals surface area contributed by atoms with Crippen LogP contribution in [0.2, 0.25) is 0 Å². The highest BCUT2D eigenvalue weighted by Gasteiger charge is 2.50. The summed E-state index contributed by atoms with van der Waals surface area (Å²) in [5, 5.41) is 0. The van der Waals surface area contributed by atoms with Crippen molar-refractivity contribution in [2.24, 2.45) is 17.2 Å². The summed E-state index contributed by atoms with van der Waals surface area (Å²) in [6.07, 6.45) is 1.63. The first kappa shape index (κ1) is 17.4. The molecule has 0 rings (SSSR count). The topological polar surface area (TPSA) is 89.3 Å². The Balaban J connectivity index is 5.80. The summed E-state index contributed by atoms with van der Waals surface area (Å²) in [6, 6.07) is 0. The van der Waals surface area contributed by atoms with Gasteiger partial charge in [0.15, 0.2) is 14.6 Å². The number of carbonyl (C=O) groups is 1. The fraction of sp³-hybridized carbons (Fsp3) is 0.917. The van der Waals surface area contributed by atoms with E-state index in [1.54, 1.807) is 0 Å². The summed E-state index contributed by atoms with van der Waals surface area (Å²) >= 11 is 0. The Morgan fingerprint density at radius 1 is 1.28 bits per heavy atom. The molecule has 0 saturated heterocycles. The van der Waals surface area contributed by atoms with E-state index in [0.29, 0.717) is 0 Å². The Morgan fingerprint density at radius 2 is 1.72 bits per heavy atom. The van der Waals surface area contributed by atoms with E-state index in [0.717, 1.165) is 6.26 Å². The molecular formula is C12H26N2O3S. The van der Waals surface area contributed by atoms with Crippen LogP contribution in [-0.2, 0) is 14.6 Å². The fourth-order valence-electron chi connectivity index (χ4n) is 2.34. The van der Waals surface area contributed by atoms with E-state index in [-0.39, 0.29) is 24.2 Å². The maximum absolute atomic E-state index is 12.2. The molecule has 0 aliphatic heterocycles. The van der Waals surface area contributed by atoms with Crippen molar-refractivity contribution >= 4 is 15.7 Å². The third-order valence-electron chi connectivity index (χ3n) is 2.81. The van der Waals surface area contributed by atoms with Crippen LogP contribution in [0.5, 0.6) is 0 Å². The summed E-state index contributed by atoms with van der Waals surface area (Å²) in [7, 11) is -3.56. The number of hydrazine groups is 1. The van der Waals surface area contributed by atoms with Crippen molar-refractivity contribution in [2.75, 3.05) is 6.26 Å².